The monoisotopic (exact) mass is 389 g/mol. The minimum absolute atomic E-state index is 0.110. The molecule has 2 aromatic heterocycles. The van der Waals surface area contributed by atoms with Crippen molar-refractivity contribution in [2.75, 3.05) is 12.4 Å². The zero-order chi connectivity index (χ0) is 18.5. The molecule has 0 radical (unpaired) electrons. The standard InChI is InChI=1S/C17H19N5O2S2/c1-4-22-14(12-5-7-13(24-3)8-6-12)20-21-17(22)26-11(2)15(23)19-16-18-9-10-25-16/h5-11H,4H2,1-3H3,(H,18,19,23). The van der Waals surface area contributed by atoms with Gasteiger partial charge in [0.2, 0.25) is 5.91 Å². The number of thioether (sulfide) groups is 1. The predicted molar refractivity (Wildman–Crippen MR) is 104 cm³/mol. The lowest BCUT2D eigenvalue weighted by Crippen LogP contribution is -2.22. The molecule has 0 aliphatic heterocycles. The van der Waals surface area contributed by atoms with Crippen LogP contribution in [-0.4, -0.2) is 38.0 Å². The third-order valence-electron chi connectivity index (χ3n) is 3.70. The summed E-state index contributed by atoms with van der Waals surface area (Å²) in [7, 11) is 1.64. The van der Waals surface area contributed by atoms with Gasteiger partial charge >= 0.3 is 0 Å². The molecule has 1 unspecified atom stereocenters. The predicted octanol–water partition coefficient (Wildman–Crippen LogP) is 3.55. The molecular formula is C17H19N5O2S2. The Morgan fingerprint density at radius 2 is 2.12 bits per heavy atom. The first-order valence-electron chi connectivity index (χ1n) is 8.07. The summed E-state index contributed by atoms with van der Waals surface area (Å²) < 4.78 is 7.19. The summed E-state index contributed by atoms with van der Waals surface area (Å²) in [6.45, 7) is 4.58. The summed E-state index contributed by atoms with van der Waals surface area (Å²) in [6, 6.07) is 7.67. The van der Waals surface area contributed by atoms with Crippen molar-refractivity contribution in [3.63, 3.8) is 0 Å². The molecule has 1 atom stereocenters. The van der Waals surface area contributed by atoms with E-state index in [0.717, 1.165) is 17.1 Å². The lowest BCUT2D eigenvalue weighted by atomic mass is 10.2. The Kier molecular flexibility index (Phi) is 5.89. The number of methoxy groups -OCH3 is 1. The molecule has 1 amide bonds. The second-order valence-electron chi connectivity index (χ2n) is 5.37. The minimum atomic E-state index is -0.322. The maximum Gasteiger partial charge on any atom is 0.239 e. The van der Waals surface area contributed by atoms with E-state index in [-0.39, 0.29) is 11.2 Å². The first-order chi connectivity index (χ1) is 12.6. The van der Waals surface area contributed by atoms with Crippen LogP contribution in [0.4, 0.5) is 5.13 Å². The first-order valence-corrected chi connectivity index (χ1v) is 9.83. The van der Waals surface area contributed by atoms with Gasteiger partial charge in [-0.2, -0.15) is 0 Å². The molecular weight excluding hydrogens is 370 g/mol. The lowest BCUT2D eigenvalue weighted by molar-refractivity contribution is -0.115. The molecule has 26 heavy (non-hydrogen) atoms. The zero-order valence-corrected chi connectivity index (χ0v) is 16.3. The summed E-state index contributed by atoms with van der Waals surface area (Å²) in [5.41, 5.74) is 0.951. The number of rotatable bonds is 7. The van der Waals surface area contributed by atoms with E-state index in [1.54, 1.807) is 13.3 Å². The van der Waals surface area contributed by atoms with E-state index in [0.29, 0.717) is 16.8 Å². The molecule has 1 aromatic carbocycles. The van der Waals surface area contributed by atoms with Crippen LogP contribution in [-0.2, 0) is 11.3 Å². The number of ether oxygens (including phenoxy) is 1. The third kappa shape index (κ3) is 4.05. The van der Waals surface area contributed by atoms with Gasteiger partial charge in [0.15, 0.2) is 16.1 Å². The summed E-state index contributed by atoms with van der Waals surface area (Å²) in [5, 5.41) is 14.2. The second-order valence-corrected chi connectivity index (χ2v) is 7.57. The molecule has 7 nitrogen and oxygen atoms in total. The fourth-order valence-corrected chi connectivity index (χ4v) is 3.76. The molecule has 0 aliphatic carbocycles. The molecule has 0 bridgehead atoms. The summed E-state index contributed by atoms with van der Waals surface area (Å²) in [6.07, 6.45) is 1.66. The minimum Gasteiger partial charge on any atom is -0.497 e. The molecule has 136 valence electrons. The Morgan fingerprint density at radius 1 is 1.35 bits per heavy atom. The Balaban J connectivity index is 1.75. The van der Waals surface area contributed by atoms with E-state index in [4.69, 9.17) is 4.74 Å². The highest BCUT2D eigenvalue weighted by Crippen LogP contribution is 2.28. The molecule has 2 heterocycles. The van der Waals surface area contributed by atoms with Crippen LogP contribution in [0.5, 0.6) is 5.75 Å². The van der Waals surface area contributed by atoms with Crippen molar-refractivity contribution in [3.05, 3.63) is 35.8 Å². The van der Waals surface area contributed by atoms with Crippen LogP contribution in [0.3, 0.4) is 0 Å². The molecule has 9 heteroatoms. The number of aromatic nitrogens is 4. The Labute approximate surface area is 159 Å². The number of hydrogen-bond acceptors (Lipinski definition) is 7. The number of amides is 1. The first kappa shape index (κ1) is 18.4. The summed E-state index contributed by atoms with van der Waals surface area (Å²) >= 11 is 2.77. The van der Waals surface area contributed by atoms with Gasteiger partial charge in [0.05, 0.1) is 12.4 Å². The number of nitrogens with one attached hydrogen (secondary N) is 1. The SMILES string of the molecule is CCn1c(SC(C)C(=O)Nc2nccs2)nnc1-c1ccc(OC)cc1. The van der Waals surface area contributed by atoms with Gasteiger partial charge in [0, 0.05) is 23.7 Å². The third-order valence-corrected chi connectivity index (χ3v) is 5.46. The van der Waals surface area contributed by atoms with Crippen molar-refractivity contribution >= 4 is 34.1 Å². The summed E-state index contributed by atoms with van der Waals surface area (Å²) in [4.78, 5) is 16.4. The maximum atomic E-state index is 12.3. The highest BCUT2D eigenvalue weighted by atomic mass is 32.2. The van der Waals surface area contributed by atoms with Gasteiger partial charge < -0.3 is 14.6 Å². The van der Waals surface area contributed by atoms with Crippen molar-refractivity contribution in [2.24, 2.45) is 0 Å². The van der Waals surface area contributed by atoms with Gasteiger partial charge in [-0.05, 0) is 38.1 Å². The summed E-state index contributed by atoms with van der Waals surface area (Å²) in [5.74, 6) is 1.45. The van der Waals surface area contributed by atoms with Crippen LogP contribution in [0, 0.1) is 0 Å². The van der Waals surface area contributed by atoms with E-state index < -0.39 is 0 Å². The molecule has 0 fully saturated rings. The Hall–Kier alpha value is -2.39. The largest absolute Gasteiger partial charge is 0.497 e. The van der Waals surface area contributed by atoms with Crippen molar-refractivity contribution in [1.82, 2.24) is 19.7 Å². The van der Waals surface area contributed by atoms with Gasteiger partial charge in [-0.15, -0.1) is 21.5 Å². The number of benzene rings is 1. The average molecular weight is 390 g/mol. The topological polar surface area (TPSA) is 81.9 Å². The maximum absolute atomic E-state index is 12.3. The number of nitrogens with zero attached hydrogens (tertiary/aromatic N) is 4. The second kappa shape index (κ2) is 8.33. The van der Waals surface area contributed by atoms with Crippen LogP contribution in [0.2, 0.25) is 0 Å². The number of carbonyl (C=O) groups excluding carboxylic acids is 1. The molecule has 0 spiro atoms. The van der Waals surface area contributed by atoms with Gasteiger partial charge in [-0.3, -0.25) is 4.79 Å². The van der Waals surface area contributed by atoms with Gasteiger partial charge in [-0.25, -0.2) is 4.98 Å². The highest BCUT2D eigenvalue weighted by molar-refractivity contribution is 8.00. The van der Waals surface area contributed by atoms with E-state index in [9.17, 15) is 4.79 Å². The molecule has 1 N–H and O–H groups in total. The van der Waals surface area contributed by atoms with Crippen LogP contribution < -0.4 is 10.1 Å². The quantitative estimate of drug-likeness (QED) is 0.622. The van der Waals surface area contributed by atoms with Gasteiger partial charge in [0.1, 0.15) is 5.75 Å². The fraction of sp³-hybridized carbons (Fsp3) is 0.294. The van der Waals surface area contributed by atoms with E-state index in [2.05, 4.69) is 20.5 Å². The molecule has 0 aliphatic rings. The number of hydrogen-bond donors (Lipinski definition) is 1. The van der Waals surface area contributed by atoms with Crippen LogP contribution in [0.15, 0.2) is 41.0 Å². The van der Waals surface area contributed by atoms with Crippen LogP contribution >= 0.6 is 23.1 Å². The van der Waals surface area contributed by atoms with E-state index >= 15 is 0 Å². The smallest absolute Gasteiger partial charge is 0.239 e. The van der Waals surface area contributed by atoms with Crippen LogP contribution in [0.25, 0.3) is 11.4 Å². The van der Waals surface area contributed by atoms with Gasteiger partial charge in [0.25, 0.3) is 0 Å². The highest BCUT2D eigenvalue weighted by Gasteiger charge is 2.21. The van der Waals surface area contributed by atoms with Crippen molar-refractivity contribution < 1.29 is 9.53 Å². The van der Waals surface area contributed by atoms with Crippen LogP contribution in [0.1, 0.15) is 13.8 Å². The fourth-order valence-electron chi connectivity index (χ4n) is 2.32. The molecule has 3 aromatic rings. The molecule has 3 rings (SSSR count). The zero-order valence-electron chi connectivity index (χ0n) is 14.7. The molecule has 0 saturated carbocycles. The Bertz CT molecular complexity index is 862. The number of anilines is 1. The van der Waals surface area contributed by atoms with Crippen molar-refractivity contribution in [3.8, 4) is 17.1 Å². The molecule has 0 saturated heterocycles. The van der Waals surface area contributed by atoms with Crippen molar-refractivity contribution in [2.45, 2.75) is 30.8 Å². The van der Waals surface area contributed by atoms with E-state index in [1.807, 2.05) is 48.1 Å². The average Bonchev–Trinajstić information content (AvgIpc) is 3.31. The lowest BCUT2D eigenvalue weighted by Gasteiger charge is -2.11. The van der Waals surface area contributed by atoms with Gasteiger partial charge in [-0.1, -0.05) is 11.8 Å². The van der Waals surface area contributed by atoms with E-state index in [1.165, 1.54) is 23.1 Å². The van der Waals surface area contributed by atoms with Crippen molar-refractivity contribution in [1.29, 1.82) is 0 Å². The number of thiazole rings is 1. The normalized spacial score (nSPS) is 12.0. The number of carbonyl (C=O) groups is 1. The Morgan fingerprint density at radius 3 is 2.73 bits per heavy atom.